The van der Waals surface area contributed by atoms with Gasteiger partial charge in [0.15, 0.2) is 29.6 Å². The van der Waals surface area contributed by atoms with Crippen molar-refractivity contribution in [2.24, 2.45) is 5.10 Å². The first-order valence-corrected chi connectivity index (χ1v) is 8.76. The highest BCUT2D eigenvalue weighted by molar-refractivity contribution is 6.32. The highest BCUT2D eigenvalue weighted by atomic mass is 35.5. The van der Waals surface area contributed by atoms with E-state index in [0.717, 1.165) is 5.56 Å². The first-order chi connectivity index (χ1) is 14.0. The van der Waals surface area contributed by atoms with Crippen molar-refractivity contribution in [3.05, 3.63) is 46.5 Å². The number of carbonyl (C=O) groups is 2. The zero-order valence-corrected chi connectivity index (χ0v) is 16.1. The van der Waals surface area contributed by atoms with Gasteiger partial charge in [0.25, 0.3) is 0 Å². The van der Waals surface area contributed by atoms with E-state index in [1.54, 1.807) is 24.3 Å². The summed E-state index contributed by atoms with van der Waals surface area (Å²) in [6, 6.07) is 8.32. The highest BCUT2D eigenvalue weighted by Gasteiger charge is 2.15. The van der Waals surface area contributed by atoms with Crippen LogP contribution < -0.4 is 24.4 Å². The van der Waals surface area contributed by atoms with E-state index >= 15 is 0 Å². The Bertz CT molecular complexity index is 962. The maximum atomic E-state index is 12.1. The molecule has 0 spiro atoms. The van der Waals surface area contributed by atoms with Crippen molar-refractivity contribution in [1.29, 1.82) is 0 Å². The molecule has 152 valence electrons. The largest absolute Gasteiger partial charge is 0.493 e. The standard InChI is InChI=1S/C19H17ClN2O7/c1-26-16-6-12(4-13(20)19(16)27-9-18(24)25)8-21-22-17(23)7-11-2-3-14-15(5-11)29-10-28-14/h2-6,8H,7,9-10H2,1H3,(H,22,23)(H,24,25). The number of benzene rings is 2. The minimum atomic E-state index is -1.14. The number of hydrogen-bond donors (Lipinski definition) is 2. The lowest BCUT2D eigenvalue weighted by atomic mass is 10.1. The number of rotatable bonds is 8. The second-order valence-electron chi connectivity index (χ2n) is 5.87. The number of carboxylic acid groups (broad SMARTS) is 1. The molecule has 10 heteroatoms. The van der Waals surface area contributed by atoms with Gasteiger partial charge in [-0.3, -0.25) is 4.79 Å². The number of aliphatic carboxylic acids is 1. The molecular weight excluding hydrogens is 404 g/mol. The molecule has 0 unspecified atom stereocenters. The number of halogens is 1. The number of nitrogens with zero attached hydrogens (tertiary/aromatic N) is 1. The molecule has 0 saturated heterocycles. The smallest absolute Gasteiger partial charge is 0.341 e. The zero-order valence-electron chi connectivity index (χ0n) is 15.3. The van der Waals surface area contributed by atoms with Crippen molar-refractivity contribution in [3.63, 3.8) is 0 Å². The van der Waals surface area contributed by atoms with Crippen molar-refractivity contribution in [2.45, 2.75) is 6.42 Å². The lowest BCUT2D eigenvalue weighted by molar-refractivity contribution is -0.139. The second kappa shape index (κ2) is 9.16. The first kappa shape index (κ1) is 20.3. The summed E-state index contributed by atoms with van der Waals surface area (Å²) in [4.78, 5) is 22.7. The van der Waals surface area contributed by atoms with Gasteiger partial charge in [-0.05, 0) is 35.4 Å². The molecule has 1 heterocycles. The number of hydrogen-bond acceptors (Lipinski definition) is 7. The van der Waals surface area contributed by atoms with Gasteiger partial charge in [-0.2, -0.15) is 5.10 Å². The Morgan fingerprint density at radius 3 is 2.83 bits per heavy atom. The fourth-order valence-electron chi connectivity index (χ4n) is 2.54. The van der Waals surface area contributed by atoms with Gasteiger partial charge < -0.3 is 24.1 Å². The van der Waals surface area contributed by atoms with Gasteiger partial charge in [-0.25, -0.2) is 10.2 Å². The van der Waals surface area contributed by atoms with Gasteiger partial charge in [0.1, 0.15) is 0 Å². The van der Waals surface area contributed by atoms with Crippen LogP contribution in [0.1, 0.15) is 11.1 Å². The number of hydrazone groups is 1. The van der Waals surface area contributed by atoms with Crippen molar-refractivity contribution < 1.29 is 33.6 Å². The Hall–Kier alpha value is -3.46. The highest BCUT2D eigenvalue weighted by Crippen LogP contribution is 2.36. The van der Waals surface area contributed by atoms with Gasteiger partial charge in [0.2, 0.25) is 12.7 Å². The lowest BCUT2D eigenvalue weighted by Gasteiger charge is -2.11. The number of ether oxygens (including phenoxy) is 4. The molecule has 2 N–H and O–H groups in total. The van der Waals surface area contributed by atoms with Crippen LogP contribution in [0.5, 0.6) is 23.0 Å². The van der Waals surface area contributed by atoms with E-state index in [1.165, 1.54) is 19.4 Å². The predicted octanol–water partition coefficient (Wildman–Crippen LogP) is 2.23. The molecule has 0 aliphatic carbocycles. The zero-order chi connectivity index (χ0) is 20.8. The van der Waals surface area contributed by atoms with Crippen molar-refractivity contribution in [1.82, 2.24) is 5.43 Å². The summed E-state index contributed by atoms with van der Waals surface area (Å²) in [5.74, 6) is 0.144. The number of nitrogens with one attached hydrogen (secondary N) is 1. The minimum Gasteiger partial charge on any atom is -0.493 e. The van der Waals surface area contributed by atoms with E-state index in [9.17, 15) is 9.59 Å². The van der Waals surface area contributed by atoms with E-state index in [1.807, 2.05) is 0 Å². The SMILES string of the molecule is COc1cc(C=NNC(=O)Cc2ccc3c(c2)OCO3)cc(Cl)c1OCC(=O)O. The summed E-state index contributed by atoms with van der Waals surface area (Å²) in [5, 5.41) is 12.8. The summed E-state index contributed by atoms with van der Waals surface area (Å²) >= 11 is 6.12. The molecule has 3 rings (SSSR count). The van der Waals surface area contributed by atoms with Crippen LogP contribution in [0.2, 0.25) is 5.02 Å². The molecule has 2 aromatic carbocycles. The third-order valence-corrected chi connectivity index (χ3v) is 4.08. The van der Waals surface area contributed by atoms with Gasteiger partial charge in [-0.15, -0.1) is 0 Å². The van der Waals surface area contributed by atoms with Crippen molar-refractivity contribution in [3.8, 4) is 23.0 Å². The Morgan fingerprint density at radius 1 is 1.28 bits per heavy atom. The minimum absolute atomic E-state index is 0.111. The summed E-state index contributed by atoms with van der Waals surface area (Å²) in [6.45, 7) is -0.388. The topological polar surface area (TPSA) is 116 Å². The maximum Gasteiger partial charge on any atom is 0.341 e. The van der Waals surface area contributed by atoms with E-state index in [2.05, 4.69) is 10.5 Å². The van der Waals surface area contributed by atoms with Gasteiger partial charge in [0, 0.05) is 0 Å². The van der Waals surface area contributed by atoms with Crippen LogP contribution in [0, 0.1) is 0 Å². The van der Waals surface area contributed by atoms with E-state index < -0.39 is 12.6 Å². The van der Waals surface area contributed by atoms with Crippen LogP contribution in [0.25, 0.3) is 0 Å². The molecule has 1 aliphatic rings. The van der Waals surface area contributed by atoms with Crippen LogP contribution >= 0.6 is 11.6 Å². The maximum absolute atomic E-state index is 12.1. The molecule has 0 bridgehead atoms. The molecular formula is C19H17ClN2O7. The van der Waals surface area contributed by atoms with Crippen LogP contribution in [0.15, 0.2) is 35.4 Å². The molecule has 0 aromatic heterocycles. The van der Waals surface area contributed by atoms with Gasteiger partial charge >= 0.3 is 5.97 Å². The fourth-order valence-corrected chi connectivity index (χ4v) is 2.82. The Balaban J connectivity index is 1.61. The molecule has 0 saturated carbocycles. The van der Waals surface area contributed by atoms with Crippen LogP contribution in [-0.4, -0.2) is 43.7 Å². The Morgan fingerprint density at radius 2 is 2.07 bits per heavy atom. The summed E-state index contributed by atoms with van der Waals surface area (Å²) in [5.41, 5.74) is 3.71. The van der Waals surface area contributed by atoms with Crippen LogP contribution in [0.4, 0.5) is 0 Å². The van der Waals surface area contributed by atoms with Gasteiger partial charge in [-0.1, -0.05) is 17.7 Å². The fraction of sp³-hybridized carbons (Fsp3) is 0.211. The van der Waals surface area contributed by atoms with Crippen LogP contribution in [0.3, 0.4) is 0 Å². The lowest BCUT2D eigenvalue weighted by Crippen LogP contribution is -2.19. The Kier molecular flexibility index (Phi) is 6.40. The summed E-state index contributed by atoms with van der Waals surface area (Å²) in [6.07, 6.45) is 1.49. The summed E-state index contributed by atoms with van der Waals surface area (Å²) < 4.78 is 20.8. The summed E-state index contributed by atoms with van der Waals surface area (Å²) in [7, 11) is 1.40. The average Bonchev–Trinajstić information content (AvgIpc) is 3.14. The number of methoxy groups -OCH3 is 1. The quantitative estimate of drug-likeness (QED) is 0.497. The molecule has 0 atom stereocenters. The molecule has 0 fully saturated rings. The molecule has 9 nitrogen and oxygen atoms in total. The predicted molar refractivity (Wildman–Crippen MR) is 103 cm³/mol. The number of fused-ring (bicyclic) bond motifs is 1. The van der Waals surface area contributed by atoms with Gasteiger partial charge in [0.05, 0.1) is 24.8 Å². The Labute approximate surface area is 170 Å². The molecule has 1 amide bonds. The monoisotopic (exact) mass is 420 g/mol. The number of amides is 1. The van der Waals surface area contributed by atoms with E-state index in [-0.39, 0.29) is 35.6 Å². The number of carbonyl (C=O) groups excluding carboxylic acids is 1. The van der Waals surface area contributed by atoms with Crippen molar-refractivity contribution >= 4 is 29.7 Å². The van der Waals surface area contributed by atoms with Crippen LogP contribution in [-0.2, 0) is 16.0 Å². The third-order valence-electron chi connectivity index (χ3n) is 3.80. The first-order valence-electron chi connectivity index (χ1n) is 8.39. The average molecular weight is 421 g/mol. The molecule has 29 heavy (non-hydrogen) atoms. The van der Waals surface area contributed by atoms with E-state index in [0.29, 0.717) is 17.1 Å². The molecule has 2 aromatic rings. The second-order valence-corrected chi connectivity index (χ2v) is 6.28. The van der Waals surface area contributed by atoms with Crippen molar-refractivity contribution in [2.75, 3.05) is 20.5 Å². The number of carboxylic acids is 1. The third kappa shape index (κ3) is 5.29. The molecule has 1 aliphatic heterocycles. The van der Waals surface area contributed by atoms with E-state index in [4.69, 9.17) is 35.7 Å². The normalized spacial score (nSPS) is 12.1. The molecule has 0 radical (unpaired) electrons.